The van der Waals surface area contributed by atoms with Gasteiger partial charge in [-0.15, -0.1) is 0 Å². The Labute approximate surface area is 132 Å². The molecule has 0 amide bonds. The van der Waals surface area contributed by atoms with E-state index in [2.05, 4.69) is 46.4 Å². The molecule has 0 aromatic heterocycles. The maximum Gasteiger partial charge on any atom is 0.0598 e. The summed E-state index contributed by atoms with van der Waals surface area (Å²) in [7, 11) is 0. The molecule has 1 heterocycles. The van der Waals surface area contributed by atoms with Crippen LogP contribution in [0, 0.1) is 11.8 Å². The first-order valence-corrected chi connectivity index (χ1v) is 8.76. The minimum Gasteiger partial charge on any atom is -0.377 e. The molecule has 1 aliphatic rings. The summed E-state index contributed by atoms with van der Waals surface area (Å²) in [6.07, 6.45) is 4.23. The van der Waals surface area contributed by atoms with Gasteiger partial charge in [0.05, 0.1) is 18.3 Å². The molecule has 0 spiro atoms. The van der Waals surface area contributed by atoms with Crippen molar-refractivity contribution in [2.45, 2.75) is 72.5 Å². The quantitative estimate of drug-likeness (QED) is 0.677. The fourth-order valence-electron chi connectivity index (χ4n) is 2.68. The lowest BCUT2D eigenvalue weighted by Crippen LogP contribution is -2.38. The monoisotopic (exact) mass is 299 g/mol. The third-order valence-corrected chi connectivity index (χ3v) is 4.39. The first-order chi connectivity index (χ1) is 9.78. The van der Waals surface area contributed by atoms with Gasteiger partial charge < -0.3 is 14.4 Å². The van der Waals surface area contributed by atoms with E-state index in [4.69, 9.17) is 9.47 Å². The second-order valence-electron chi connectivity index (χ2n) is 7.88. The summed E-state index contributed by atoms with van der Waals surface area (Å²) < 4.78 is 11.8. The number of hydrogen-bond acceptors (Lipinski definition) is 3. The Morgan fingerprint density at radius 3 is 2.48 bits per heavy atom. The van der Waals surface area contributed by atoms with Crippen LogP contribution in [0.1, 0.15) is 60.8 Å². The molecule has 1 saturated heterocycles. The van der Waals surface area contributed by atoms with E-state index in [1.165, 1.54) is 32.4 Å². The van der Waals surface area contributed by atoms with Gasteiger partial charge in [0.2, 0.25) is 0 Å². The molecule has 0 N–H and O–H groups in total. The molecule has 0 aromatic rings. The van der Waals surface area contributed by atoms with E-state index in [-0.39, 0.29) is 5.60 Å². The third kappa shape index (κ3) is 8.80. The zero-order chi connectivity index (χ0) is 15.9. The Balaban J connectivity index is 2.17. The largest absolute Gasteiger partial charge is 0.377 e. The average molecular weight is 299 g/mol. The first-order valence-electron chi connectivity index (χ1n) is 8.76. The summed E-state index contributed by atoms with van der Waals surface area (Å²) in [5.41, 5.74) is -0.00478. The highest BCUT2D eigenvalue weighted by molar-refractivity contribution is 4.73. The molecule has 1 rings (SSSR count). The van der Waals surface area contributed by atoms with Crippen LogP contribution < -0.4 is 0 Å². The van der Waals surface area contributed by atoms with Crippen molar-refractivity contribution in [3.8, 4) is 0 Å². The molecule has 3 nitrogen and oxygen atoms in total. The summed E-state index contributed by atoms with van der Waals surface area (Å²) in [5.74, 6) is 1.40. The van der Waals surface area contributed by atoms with Gasteiger partial charge >= 0.3 is 0 Å². The molecular weight excluding hydrogens is 262 g/mol. The van der Waals surface area contributed by atoms with Crippen LogP contribution in [0.4, 0.5) is 0 Å². The maximum absolute atomic E-state index is 5.90. The molecule has 0 bridgehead atoms. The fourth-order valence-corrected chi connectivity index (χ4v) is 2.68. The van der Waals surface area contributed by atoms with Crippen LogP contribution in [0.2, 0.25) is 0 Å². The molecule has 0 radical (unpaired) electrons. The highest BCUT2D eigenvalue weighted by atomic mass is 16.5. The van der Waals surface area contributed by atoms with Gasteiger partial charge in [-0.05, 0) is 65.3 Å². The number of piperidine rings is 1. The second-order valence-corrected chi connectivity index (χ2v) is 7.88. The van der Waals surface area contributed by atoms with E-state index in [1.54, 1.807) is 0 Å². The molecule has 1 fully saturated rings. The molecule has 126 valence electrons. The Hall–Kier alpha value is -0.120. The predicted molar refractivity (Wildman–Crippen MR) is 89.7 cm³/mol. The number of likely N-dealkylation sites (tertiary alicyclic amines) is 1. The maximum atomic E-state index is 5.90. The molecule has 0 saturated carbocycles. The van der Waals surface area contributed by atoms with Crippen LogP contribution in [0.25, 0.3) is 0 Å². The van der Waals surface area contributed by atoms with Gasteiger partial charge in [0, 0.05) is 19.7 Å². The molecule has 0 aromatic carbocycles. The van der Waals surface area contributed by atoms with Crippen LogP contribution >= 0.6 is 0 Å². The van der Waals surface area contributed by atoms with Crippen LogP contribution in [0.3, 0.4) is 0 Å². The summed E-state index contributed by atoms with van der Waals surface area (Å²) in [5, 5.41) is 0. The van der Waals surface area contributed by atoms with E-state index in [9.17, 15) is 0 Å². The SMILES string of the molecule is CC(C)[C@@H](C)OCCN1CCC[C@@H](CCOC(C)(C)C)C1. The summed E-state index contributed by atoms with van der Waals surface area (Å²) in [6.45, 7) is 18.3. The van der Waals surface area contributed by atoms with Crippen LogP contribution in [0.5, 0.6) is 0 Å². The Kier molecular flexibility index (Phi) is 8.22. The van der Waals surface area contributed by atoms with E-state index >= 15 is 0 Å². The molecule has 1 aliphatic heterocycles. The molecule has 3 heteroatoms. The minimum absolute atomic E-state index is 0.00478. The van der Waals surface area contributed by atoms with Crippen molar-refractivity contribution in [3.05, 3.63) is 0 Å². The number of ether oxygens (including phenoxy) is 2. The molecule has 0 aliphatic carbocycles. The average Bonchev–Trinajstić information content (AvgIpc) is 2.37. The normalized spacial score (nSPS) is 22.7. The van der Waals surface area contributed by atoms with Gasteiger partial charge in [0.1, 0.15) is 0 Å². The molecule has 0 unspecified atom stereocenters. The van der Waals surface area contributed by atoms with Crippen molar-refractivity contribution in [3.63, 3.8) is 0 Å². The van der Waals surface area contributed by atoms with Crippen molar-refractivity contribution in [1.82, 2.24) is 4.90 Å². The zero-order valence-corrected chi connectivity index (χ0v) is 15.2. The molecular formula is C18H37NO2. The third-order valence-electron chi connectivity index (χ3n) is 4.39. The van der Waals surface area contributed by atoms with Crippen molar-refractivity contribution in [1.29, 1.82) is 0 Å². The van der Waals surface area contributed by atoms with Gasteiger partial charge in [-0.1, -0.05) is 13.8 Å². The topological polar surface area (TPSA) is 21.7 Å². The molecule has 2 atom stereocenters. The smallest absolute Gasteiger partial charge is 0.0598 e. The lowest BCUT2D eigenvalue weighted by molar-refractivity contribution is -0.0162. The second kappa shape index (κ2) is 9.12. The first kappa shape index (κ1) is 18.9. The van der Waals surface area contributed by atoms with Gasteiger partial charge in [0.15, 0.2) is 0 Å². The van der Waals surface area contributed by atoms with E-state index < -0.39 is 0 Å². The summed E-state index contributed by atoms with van der Waals surface area (Å²) >= 11 is 0. The van der Waals surface area contributed by atoms with E-state index in [0.717, 1.165) is 25.7 Å². The van der Waals surface area contributed by atoms with Crippen LogP contribution in [0.15, 0.2) is 0 Å². The number of nitrogens with zero attached hydrogens (tertiary/aromatic N) is 1. The summed E-state index contributed by atoms with van der Waals surface area (Å²) in [6, 6.07) is 0. The van der Waals surface area contributed by atoms with Crippen molar-refractivity contribution < 1.29 is 9.47 Å². The standard InChI is InChI=1S/C18H37NO2/c1-15(2)16(3)20-13-11-19-10-7-8-17(14-19)9-12-21-18(4,5)6/h15-17H,7-14H2,1-6H3/t16-,17+/m1/s1. The van der Waals surface area contributed by atoms with Gasteiger partial charge in [-0.2, -0.15) is 0 Å². The Bertz CT molecular complexity index is 273. The Morgan fingerprint density at radius 1 is 1.14 bits per heavy atom. The number of rotatable bonds is 8. The van der Waals surface area contributed by atoms with E-state index in [0.29, 0.717) is 12.0 Å². The van der Waals surface area contributed by atoms with Crippen molar-refractivity contribution >= 4 is 0 Å². The lowest BCUT2D eigenvalue weighted by Gasteiger charge is -2.33. The van der Waals surface area contributed by atoms with Crippen molar-refractivity contribution in [2.24, 2.45) is 11.8 Å². The van der Waals surface area contributed by atoms with E-state index in [1.807, 2.05) is 0 Å². The van der Waals surface area contributed by atoms with Crippen LogP contribution in [-0.4, -0.2) is 49.5 Å². The predicted octanol–water partition coefficient (Wildman–Crippen LogP) is 3.96. The van der Waals surface area contributed by atoms with Gasteiger partial charge in [-0.3, -0.25) is 0 Å². The summed E-state index contributed by atoms with van der Waals surface area (Å²) in [4.78, 5) is 2.57. The zero-order valence-electron chi connectivity index (χ0n) is 15.2. The number of hydrogen-bond donors (Lipinski definition) is 0. The minimum atomic E-state index is -0.00478. The van der Waals surface area contributed by atoms with Gasteiger partial charge in [-0.25, -0.2) is 0 Å². The fraction of sp³-hybridized carbons (Fsp3) is 1.00. The highest BCUT2D eigenvalue weighted by Crippen LogP contribution is 2.20. The highest BCUT2D eigenvalue weighted by Gasteiger charge is 2.20. The van der Waals surface area contributed by atoms with Crippen molar-refractivity contribution in [2.75, 3.05) is 32.8 Å². The lowest BCUT2D eigenvalue weighted by atomic mass is 9.95. The Morgan fingerprint density at radius 2 is 1.86 bits per heavy atom. The van der Waals surface area contributed by atoms with Gasteiger partial charge in [0.25, 0.3) is 0 Å². The van der Waals surface area contributed by atoms with Crippen LogP contribution in [-0.2, 0) is 9.47 Å². The molecule has 21 heavy (non-hydrogen) atoms.